The van der Waals surface area contributed by atoms with Crippen LogP contribution in [0.3, 0.4) is 0 Å². The molecule has 0 bridgehead atoms. The number of hydrogen-bond donors (Lipinski definition) is 1. The zero-order valence-corrected chi connectivity index (χ0v) is 6.97. The molecule has 0 aliphatic carbocycles. The first kappa shape index (κ1) is 8.53. The van der Waals surface area contributed by atoms with Crippen molar-refractivity contribution in [1.82, 2.24) is 10.6 Å². The minimum atomic E-state index is 0.0470. The van der Waals surface area contributed by atoms with Gasteiger partial charge in [-0.2, -0.15) is 0 Å². The molecule has 63 valence electrons. The molecule has 11 heavy (non-hydrogen) atoms. The zero-order valence-electron chi connectivity index (χ0n) is 6.97. The maximum absolute atomic E-state index is 10.5. The molecular weight excluding hydrogens is 140 g/mol. The molecule has 3 nitrogen and oxygen atoms in total. The van der Waals surface area contributed by atoms with E-state index in [4.69, 9.17) is 0 Å². The fraction of sp³-hybridized carbons (Fsp3) is 0.875. The number of carbonyl (C=O) groups excluding carboxylic acids is 1. The molecule has 1 unspecified atom stereocenters. The van der Waals surface area contributed by atoms with Gasteiger partial charge in [0, 0.05) is 26.1 Å². The molecule has 1 aliphatic rings. The van der Waals surface area contributed by atoms with E-state index in [-0.39, 0.29) is 5.91 Å². The summed E-state index contributed by atoms with van der Waals surface area (Å²) in [5.74, 6) is 0.0470. The summed E-state index contributed by atoms with van der Waals surface area (Å²) in [7, 11) is 0. The number of nitrogens with zero attached hydrogens (tertiary/aromatic N) is 1. The van der Waals surface area contributed by atoms with E-state index < -0.39 is 0 Å². The molecule has 0 aromatic rings. The molecule has 1 amide bonds. The zero-order chi connectivity index (χ0) is 8.10. The van der Waals surface area contributed by atoms with Crippen molar-refractivity contribution in [2.24, 2.45) is 0 Å². The third-order valence-electron chi connectivity index (χ3n) is 1.92. The first-order valence-corrected chi connectivity index (χ1v) is 4.20. The molecule has 0 aromatic heterocycles. The standard InChI is InChI=1S/C8H15N2O/c1-7(11)10-6-8-4-2-3-5-9-8/h8H,2-6H2,1H3,(H,10,11). The lowest BCUT2D eigenvalue weighted by atomic mass is 10.1. The summed E-state index contributed by atoms with van der Waals surface area (Å²) in [6, 6.07) is 0.382. The minimum absolute atomic E-state index is 0.0470. The number of piperidine rings is 1. The van der Waals surface area contributed by atoms with Crippen LogP contribution in [-0.2, 0) is 4.79 Å². The number of amides is 1. The molecule has 1 rings (SSSR count). The lowest BCUT2D eigenvalue weighted by Crippen LogP contribution is -2.38. The van der Waals surface area contributed by atoms with Crippen molar-refractivity contribution in [2.45, 2.75) is 32.2 Å². The third kappa shape index (κ3) is 3.37. The summed E-state index contributed by atoms with van der Waals surface area (Å²) in [4.78, 5) is 10.5. The third-order valence-corrected chi connectivity index (χ3v) is 1.92. The highest BCUT2D eigenvalue weighted by Crippen LogP contribution is 2.06. The molecular formula is C8H15N2O. The summed E-state index contributed by atoms with van der Waals surface area (Å²) in [5.41, 5.74) is 0. The molecule has 1 fully saturated rings. The molecule has 1 N–H and O–H groups in total. The van der Waals surface area contributed by atoms with E-state index in [1.165, 1.54) is 12.8 Å². The summed E-state index contributed by atoms with van der Waals surface area (Å²) in [5, 5.41) is 7.17. The van der Waals surface area contributed by atoms with E-state index >= 15 is 0 Å². The Balaban J connectivity index is 2.09. The summed E-state index contributed by atoms with van der Waals surface area (Å²) >= 11 is 0. The average Bonchev–Trinajstić information content (AvgIpc) is 2.03. The van der Waals surface area contributed by atoms with Gasteiger partial charge >= 0.3 is 0 Å². The van der Waals surface area contributed by atoms with E-state index in [1.54, 1.807) is 6.92 Å². The second-order valence-electron chi connectivity index (χ2n) is 2.99. The number of carbonyl (C=O) groups is 1. The van der Waals surface area contributed by atoms with Crippen LogP contribution in [0, 0.1) is 0 Å². The van der Waals surface area contributed by atoms with Crippen molar-refractivity contribution < 1.29 is 4.79 Å². The van der Waals surface area contributed by atoms with Gasteiger partial charge in [0.1, 0.15) is 0 Å². The van der Waals surface area contributed by atoms with E-state index in [0.717, 1.165) is 19.5 Å². The molecule has 0 aromatic carbocycles. The van der Waals surface area contributed by atoms with Crippen LogP contribution in [0.4, 0.5) is 0 Å². The fourth-order valence-electron chi connectivity index (χ4n) is 1.29. The van der Waals surface area contributed by atoms with Gasteiger partial charge in [0.2, 0.25) is 5.91 Å². The Kier molecular flexibility index (Phi) is 3.36. The Morgan fingerprint density at radius 1 is 1.64 bits per heavy atom. The van der Waals surface area contributed by atoms with Gasteiger partial charge in [-0.15, -0.1) is 0 Å². The molecule has 0 saturated carbocycles. The van der Waals surface area contributed by atoms with Crippen molar-refractivity contribution in [3.05, 3.63) is 0 Å². The maximum Gasteiger partial charge on any atom is 0.216 e. The largest absolute Gasteiger partial charge is 0.355 e. The van der Waals surface area contributed by atoms with Crippen LogP contribution >= 0.6 is 0 Å². The first-order chi connectivity index (χ1) is 5.29. The van der Waals surface area contributed by atoms with Crippen molar-refractivity contribution in [3.8, 4) is 0 Å². The van der Waals surface area contributed by atoms with E-state index in [1.807, 2.05) is 0 Å². The summed E-state index contributed by atoms with van der Waals surface area (Å²) < 4.78 is 0. The number of hydrogen-bond acceptors (Lipinski definition) is 1. The quantitative estimate of drug-likeness (QED) is 0.611. The molecule has 1 atom stereocenters. The van der Waals surface area contributed by atoms with E-state index in [9.17, 15) is 4.79 Å². The van der Waals surface area contributed by atoms with Crippen LogP contribution in [-0.4, -0.2) is 25.0 Å². The first-order valence-electron chi connectivity index (χ1n) is 4.20. The van der Waals surface area contributed by atoms with Crippen molar-refractivity contribution in [3.63, 3.8) is 0 Å². The minimum Gasteiger partial charge on any atom is -0.355 e. The summed E-state index contributed by atoms with van der Waals surface area (Å²) in [6.45, 7) is 3.25. The van der Waals surface area contributed by atoms with Gasteiger partial charge < -0.3 is 5.32 Å². The topological polar surface area (TPSA) is 43.2 Å². The predicted molar refractivity (Wildman–Crippen MR) is 43.3 cm³/mol. The monoisotopic (exact) mass is 155 g/mol. The Labute approximate surface area is 67.5 Å². The molecule has 0 spiro atoms. The predicted octanol–water partition coefficient (Wildman–Crippen LogP) is 0.279. The van der Waals surface area contributed by atoms with Gasteiger partial charge in [-0.25, -0.2) is 5.32 Å². The Morgan fingerprint density at radius 2 is 2.45 bits per heavy atom. The second-order valence-corrected chi connectivity index (χ2v) is 2.99. The van der Waals surface area contributed by atoms with Crippen molar-refractivity contribution in [1.29, 1.82) is 0 Å². The van der Waals surface area contributed by atoms with Crippen LogP contribution in [0.15, 0.2) is 0 Å². The molecule has 1 saturated heterocycles. The molecule has 1 radical (unpaired) electrons. The van der Waals surface area contributed by atoms with Crippen molar-refractivity contribution >= 4 is 5.91 Å². The van der Waals surface area contributed by atoms with Gasteiger partial charge in [-0.05, 0) is 12.8 Å². The average molecular weight is 155 g/mol. The maximum atomic E-state index is 10.5. The highest BCUT2D eigenvalue weighted by molar-refractivity contribution is 5.72. The molecule has 1 aliphatic heterocycles. The number of nitrogens with one attached hydrogen (secondary N) is 1. The summed E-state index contributed by atoms with van der Waals surface area (Å²) in [6.07, 6.45) is 3.62. The molecule has 3 heteroatoms. The van der Waals surface area contributed by atoms with Gasteiger partial charge in [0.25, 0.3) is 0 Å². The Bertz CT molecular complexity index is 130. The van der Waals surface area contributed by atoms with E-state index in [2.05, 4.69) is 10.6 Å². The van der Waals surface area contributed by atoms with Gasteiger partial charge in [0.05, 0.1) is 0 Å². The highest BCUT2D eigenvalue weighted by Gasteiger charge is 2.13. The second kappa shape index (κ2) is 4.34. The smallest absolute Gasteiger partial charge is 0.216 e. The SMILES string of the molecule is CC(=O)NCC1CCCC[N]1. The van der Waals surface area contributed by atoms with Gasteiger partial charge in [-0.1, -0.05) is 6.42 Å². The fourth-order valence-corrected chi connectivity index (χ4v) is 1.29. The lowest BCUT2D eigenvalue weighted by Gasteiger charge is -2.21. The Morgan fingerprint density at radius 3 is 3.00 bits per heavy atom. The lowest BCUT2D eigenvalue weighted by molar-refractivity contribution is -0.119. The van der Waals surface area contributed by atoms with Crippen LogP contribution < -0.4 is 10.6 Å². The normalized spacial score (nSPS) is 24.6. The van der Waals surface area contributed by atoms with Crippen molar-refractivity contribution in [2.75, 3.05) is 13.1 Å². The van der Waals surface area contributed by atoms with Crippen LogP contribution in [0.2, 0.25) is 0 Å². The number of rotatable bonds is 2. The van der Waals surface area contributed by atoms with Crippen LogP contribution in [0.5, 0.6) is 0 Å². The highest BCUT2D eigenvalue weighted by atomic mass is 16.1. The molecule has 1 heterocycles. The van der Waals surface area contributed by atoms with Crippen LogP contribution in [0.25, 0.3) is 0 Å². The van der Waals surface area contributed by atoms with E-state index in [0.29, 0.717) is 6.04 Å². The van der Waals surface area contributed by atoms with Gasteiger partial charge in [-0.3, -0.25) is 4.79 Å². The Hall–Kier alpha value is -0.570. The van der Waals surface area contributed by atoms with Gasteiger partial charge in [0.15, 0.2) is 0 Å². The van der Waals surface area contributed by atoms with Crippen LogP contribution in [0.1, 0.15) is 26.2 Å².